The highest BCUT2D eigenvalue weighted by Crippen LogP contribution is 2.21. The van der Waals surface area contributed by atoms with Gasteiger partial charge in [0, 0.05) is 39.0 Å². The average molecular weight is 278 g/mol. The minimum Gasteiger partial charge on any atom is -0.341 e. The second kappa shape index (κ2) is 6.39. The zero-order valence-electron chi connectivity index (χ0n) is 12.7. The van der Waals surface area contributed by atoms with Crippen molar-refractivity contribution in [2.75, 3.05) is 13.1 Å². The van der Waals surface area contributed by atoms with Gasteiger partial charge in [0.05, 0.1) is 6.04 Å². The van der Waals surface area contributed by atoms with Gasteiger partial charge in [-0.3, -0.25) is 4.79 Å². The number of aromatic nitrogens is 2. The Labute approximate surface area is 121 Å². The van der Waals surface area contributed by atoms with Gasteiger partial charge in [0.1, 0.15) is 5.82 Å². The Kier molecular flexibility index (Phi) is 4.81. The Hall–Kier alpha value is -1.36. The maximum absolute atomic E-state index is 12.3. The summed E-state index contributed by atoms with van der Waals surface area (Å²) >= 11 is 0. The fourth-order valence-corrected chi connectivity index (χ4v) is 2.78. The lowest BCUT2D eigenvalue weighted by molar-refractivity contribution is -0.135. The Morgan fingerprint density at radius 3 is 2.90 bits per heavy atom. The third-order valence-electron chi connectivity index (χ3n) is 4.23. The molecule has 2 rings (SSSR count). The monoisotopic (exact) mass is 278 g/mol. The lowest BCUT2D eigenvalue weighted by atomic mass is 9.93. The van der Waals surface area contributed by atoms with Gasteiger partial charge >= 0.3 is 0 Å². The summed E-state index contributed by atoms with van der Waals surface area (Å²) in [6, 6.07) is -0.373. The van der Waals surface area contributed by atoms with Gasteiger partial charge in [-0.2, -0.15) is 0 Å². The highest BCUT2D eigenvalue weighted by atomic mass is 16.2. The van der Waals surface area contributed by atoms with E-state index in [1.54, 1.807) is 0 Å². The van der Waals surface area contributed by atoms with Crippen molar-refractivity contribution >= 4 is 5.91 Å². The summed E-state index contributed by atoms with van der Waals surface area (Å²) in [6.45, 7) is 5.65. The first-order valence-corrected chi connectivity index (χ1v) is 7.49. The molecule has 0 saturated carbocycles. The molecule has 1 aromatic rings. The zero-order chi connectivity index (χ0) is 14.7. The van der Waals surface area contributed by atoms with Crippen LogP contribution in [0.4, 0.5) is 0 Å². The zero-order valence-corrected chi connectivity index (χ0v) is 12.7. The molecule has 5 heteroatoms. The van der Waals surface area contributed by atoms with Gasteiger partial charge in [0.25, 0.3) is 0 Å². The van der Waals surface area contributed by atoms with Gasteiger partial charge < -0.3 is 15.2 Å². The SMILES string of the molecule is CC(C)[C@H](N)C(=O)N1CCCC(Cc2nccn2C)C1. The average Bonchev–Trinajstić information content (AvgIpc) is 2.83. The first-order chi connectivity index (χ1) is 9.49. The molecule has 1 amide bonds. The van der Waals surface area contributed by atoms with Crippen LogP contribution in [-0.4, -0.2) is 39.5 Å². The third kappa shape index (κ3) is 3.39. The van der Waals surface area contributed by atoms with E-state index >= 15 is 0 Å². The summed E-state index contributed by atoms with van der Waals surface area (Å²) in [5.74, 6) is 1.88. The Balaban J connectivity index is 1.95. The Morgan fingerprint density at radius 2 is 2.30 bits per heavy atom. The third-order valence-corrected chi connectivity index (χ3v) is 4.23. The number of hydrogen-bond acceptors (Lipinski definition) is 3. The molecule has 2 atom stereocenters. The van der Waals surface area contributed by atoms with E-state index in [-0.39, 0.29) is 17.9 Å². The number of aryl methyl sites for hydroxylation is 1. The van der Waals surface area contributed by atoms with Crippen LogP contribution in [0.15, 0.2) is 12.4 Å². The van der Waals surface area contributed by atoms with Crippen molar-refractivity contribution in [1.82, 2.24) is 14.5 Å². The van der Waals surface area contributed by atoms with Crippen LogP contribution < -0.4 is 5.73 Å². The van der Waals surface area contributed by atoms with Gasteiger partial charge in [-0.05, 0) is 24.7 Å². The van der Waals surface area contributed by atoms with Crippen molar-refractivity contribution in [2.45, 2.75) is 39.2 Å². The van der Waals surface area contributed by atoms with Gasteiger partial charge in [-0.1, -0.05) is 13.8 Å². The second-order valence-corrected chi connectivity index (χ2v) is 6.22. The van der Waals surface area contributed by atoms with Crippen molar-refractivity contribution in [3.63, 3.8) is 0 Å². The van der Waals surface area contributed by atoms with Gasteiger partial charge in [0.15, 0.2) is 0 Å². The number of nitrogens with zero attached hydrogens (tertiary/aromatic N) is 3. The smallest absolute Gasteiger partial charge is 0.239 e. The van der Waals surface area contributed by atoms with Crippen LogP contribution in [0.25, 0.3) is 0 Å². The van der Waals surface area contributed by atoms with Crippen LogP contribution in [-0.2, 0) is 18.3 Å². The second-order valence-electron chi connectivity index (χ2n) is 6.22. The molecule has 0 radical (unpaired) electrons. The Bertz CT molecular complexity index is 454. The van der Waals surface area contributed by atoms with Crippen molar-refractivity contribution in [3.05, 3.63) is 18.2 Å². The maximum atomic E-state index is 12.3. The predicted octanol–water partition coefficient (Wildman–Crippen LogP) is 1.18. The van der Waals surface area contributed by atoms with Crippen molar-refractivity contribution in [2.24, 2.45) is 24.6 Å². The normalized spacial score (nSPS) is 21.2. The predicted molar refractivity (Wildman–Crippen MR) is 79.0 cm³/mol. The molecule has 0 bridgehead atoms. The van der Waals surface area contributed by atoms with E-state index < -0.39 is 0 Å². The summed E-state index contributed by atoms with van der Waals surface area (Å²) in [4.78, 5) is 18.7. The largest absolute Gasteiger partial charge is 0.341 e. The minimum absolute atomic E-state index is 0.101. The van der Waals surface area contributed by atoms with Crippen molar-refractivity contribution < 1.29 is 4.79 Å². The van der Waals surface area contributed by atoms with Crippen molar-refractivity contribution in [1.29, 1.82) is 0 Å². The van der Waals surface area contributed by atoms with Crippen LogP contribution >= 0.6 is 0 Å². The molecule has 0 aromatic carbocycles. The molecule has 1 saturated heterocycles. The van der Waals surface area contributed by atoms with E-state index in [9.17, 15) is 4.79 Å². The lowest BCUT2D eigenvalue weighted by Crippen LogP contribution is -2.50. The number of carbonyl (C=O) groups excluding carboxylic acids is 1. The van der Waals surface area contributed by atoms with Crippen LogP contribution in [0, 0.1) is 11.8 Å². The van der Waals surface area contributed by atoms with E-state index in [0.717, 1.165) is 38.2 Å². The van der Waals surface area contributed by atoms with Crippen LogP contribution in [0.1, 0.15) is 32.5 Å². The fraction of sp³-hybridized carbons (Fsp3) is 0.733. The minimum atomic E-state index is -0.373. The van der Waals surface area contributed by atoms with Crippen LogP contribution in [0.2, 0.25) is 0 Å². The number of hydrogen-bond donors (Lipinski definition) is 1. The highest BCUT2D eigenvalue weighted by molar-refractivity contribution is 5.82. The molecule has 1 unspecified atom stereocenters. The number of carbonyl (C=O) groups is 1. The molecule has 2 N–H and O–H groups in total. The summed E-state index contributed by atoms with van der Waals surface area (Å²) in [6.07, 6.45) is 6.95. The standard InChI is InChI=1S/C15H26N4O/c1-11(2)14(16)15(20)19-7-4-5-12(10-19)9-13-17-6-8-18(13)3/h6,8,11-12,14H,4-5,7,9-10,16H2,1-3H3/t12?,14-/m0/s1. The van der Waals surface area contributed by atoms with Gasteiger partial charge in [0.2, 0.25) is 5.91 Å². The number of imidazole rings is 1. The molecule has 5 nitrogen and oxygen atoms in total. The molecule has 0 aliphatic carbocycles. The molecular formula is C15H26N4O. The van der Waals surface area contributed by atoms with E-state index in [4.69, 9.17) is 5.73 Å². The first-order valence-electron chi connectivity index (χ1n) is 7.49. The van der Waals surface area contributed by atoms with E-state index in [1.807, 2.05) is 38.2 Å². The number of nitrogens with two attached hydrogens (primary N) is 1. The summed E-state index contributed by atoms with van der Waals surface area (Å²) in [7, 11) is 2.02. The molecule has 1 fully saturated rings. The summed E-state index contributed by atoms with van der Waals surface area (Å²) in [5, 5.41) is 0. The number of likely N-dealkylation sites (tertiary alicyclic amines) is 1. The summed E-state index contributed by atoms with van der Waals surface area (Å²) in [5.41, 5.74) is 5.99. The molecule has 0 spiro atoms. The lowest BCUT2D eigenvalue weighted by Gasteiger charge is -2.35. The molecule has 112 valence electrons. The van der Waals surface area contributed by atoms with E-state index in [1.165, 1.54) is 0 Å². The van der Waals surface area contributed by atoms with Crippen molar-refractivity contribution in [3.8, 4) is 0 Å². The van der Waals surface area contributed by atoms with E-state index in [0.29, 0.717) is 5.92 Å². The number of amides is 1. The van der Waals surface area contributed by atoms with Gasteiger partial charge in [-0.15, -0.1) is 0 Å². The molecule has 1 aliphatic rings. The molecule has 20 heavy (non-hydrogen) atoms. The first kappa shape index (κ1) is 15.0. The van der Waals surface area contributed by atoms with Gasteiger partial charge in [-0.25, -0.2) is 4.98 Å². The summed E-state index contributed by atoms with van der Waals surface area (Å²) < 4.78 is 2.06. The quantitative estimate of drug-likeness (QED) is 0.899. The number of piperidine rings is 1. The molecule has 2 heterocycles. The Morgan fingerprint density at radius 1 is 1.55 bits per heavy atom. The highest BCUT2D eigenvalue weighted by Gasteiger charge is 2.28. The molecule has 1 aliphatic heterocycles. The maximum Gasteiger partial charge on any atom is 0.239 e. The fourth-order valence-electron chi connectivity index (χ4n) is 2.78. The topological polar surface area (TPSA) is 64.2 Å². The molecular weight excluding hydrogens is 252 g/mol. The van der Waals surface area contributed by atoms with Crippen LogP contribution in [0.3, 0.4) is 0 Å². The van der Waals surface area contributed by atoms with E-state index in [2.05, 4.69) is 9.55 Å². The molecule has 1 aromatic heterocycles. The number of rotatable bonds is 4. The van der Waals surface area contributed by atoms with Crippen LogP contribution in [0.5, 0.6) is 0 Å².